The first-order valence-electron chi connectivity index (χ1n) is 11.9. The van der Waals surface area contributed by atoms with Crippen LogP contribution in [0.15, 0.2) is 52.0 Å². The highest BCUT2D eigenvalue weighted by atomic mass is 16.5. The van der Waals surface area contributed by atoms with Crippen molar-refractivity contribution >= 4 is 22.7 Å². The van der Waals surface area contributed by atoms with Crippen LogP contribution in [0, 0.1) is 5.92 Å². The largest absolute Gasteiger partial charge is 0.492 e. The first-order chi connectivity index (χ1) is 16.2. The molecule has 2 aliphatic heterocycles. The van der Waals surface area contributed by atoms with Crippen LogP contribution in [0.1, 0.15) is 44.6 Å². The summed E-state index contributed by atoms with van der Waals surface area (Å²) in [6.45, 7) is 6.06. The van der Waals surface area contributed by atoms with Gasteiger partial charge in [0.2, 0.25) is 11.8 Å². The van der Waals surface area contributed by atoms with Gasteiger partial charge in [0, 0.05) is 30.0 Å². The predicted molar refractivity (Wildman–Crippen MR) is 128 cm³/mol. The van der Waals surface area contributed by atoms with Gasteiger partial charge in [0.1, 0.15) is 17.9 Å². The molecule has 0 radical (unpaired) electrons. The highest BCUT2D eigenvalue weighted by Crippen LogP contribution is 2.29. The van der Waals surface area contributed by atoms with Crippen molar-refractivity contribution in [2.45, 2.75) is 39.0 Å². The van der Waals surface area contributed by atoms with Crippen LogP contribution in [0.25, 0.3) is 22.6 Å². The molecule has 5 rings (SSSR count). The second-order valence-electron chi connectivity index (χ2n) is 8.82. The van der Waals surface area contributed by atoms with Gasteiger partial charge in [0.15, 0.2) is 5.58 Å². The number of rotatable bonds is 7. The molecule has 33 heavy (non-hydrogen) atoms. The second-order valence-corrected chi connectivity index (χ2v) is 8.82. The molecule has 3 aromatic rings. The van der Waals surface area contributed by atoms with Gasteiger partial charge in [-0.2, -0.15) is 5.10 Å². The molecule has 2 aliphatic rings. The molecule has 0 bridgehead atoms. The van der Waals surface area contributed by atoms with Crippen molar-refractivity contribution in [2.75, 3.05) is 26.2 Å². The molecule has 3 heterocycles. The summed E-state index contributed by atoms with van der Waals surface area (Å²) in [7, 11) is 0. The number of hydrogen-bond acceptors (Lipinski definition) is 6. The van der Waals surface area contributed by atoms with Crippen LogP contribution >= 0.6 is 0 Å². The summed E-state index contributed by atoms with van der Waals surface area (Å²) in [5.41, 5.74) is 6.82. The van der Waals surface area contributed by atoms with Crippen LogP contribution < -0.4 is 10.2 Å². The van der Waals surface area contributed by atoms with Crippen molar-refractivity contribution in [2.24, 2.45) is 11.0 Å². The third-order valence-corrected chi connectivity index (χ3v) is 6.50. The van der Waals surface area contributed by atoms with Crippen molar-refractivity contribution in [3.63, 3.8) is 0 Å². The average Bonchev–Trinajstić information content (AvgIpc) is 3.28. The van der Waals surface area contributed by atoms with E-state index in [1.807, 2.05) is 42.5 Å². The molecule has 1 unspecified atom stereocenters. The van der Waals surface area contributed by atoms with Gasteiger partial charge in [-0.3, -0.25) is 9.69 Å². The molecule has 1 aromatic heterocycles. The summed E-state index contributed by atoms with van der Waals surface area (Å²) in [5, 5.41) is 4.31. The maximum atomic E-state index is 11.7. The quantitative estimate of drug-likeness (QED) is 0.573. The molecule has 0 saturated carbocycles. The molecule has 172 valence electrons. The van der Waals surface area contributed by atoms with Crippen LogP contribution in [0.3, 0.4) is 0 Å². The lowest BCUT2D eigenvalue weighted by molar-refractivity contribution is -0.122. The zero-order chi connectivity index (χ0) is 22.6. The topological polar surface area (TPSA) is 80.0 Å². The first-order valence-corrected chi connectivity index (χ1v) is 11.9. The second kappa shape index (κ2) is 9.75. The number of carbonyl (C=O) groups is 1. The van der Waals surface area contributed by atoms with E-state index in [4.69, 9.17) is 9.15 Å². The third-order valence-electron chi connectivity index (χ3n) is 6.50. The van der Waals surface area contributed by atoms with E-state index in [0.29, 0.717) is 24.5 Å². The fourth-order valence-corrected chi connectivity index (χ4v) is 4.62. The molecule has 1 N–H and O–H groups in total. The van der Waals surface area contributed by atoms with Crippen LogP contribution in [0.4, 0.5) is 0 Å². The number of piperidine rings is 1. The van der Waals surface area contributed by atoms with Crippen molar-refractivity contribution < 1.29 is 13.9 Å². The highest BCUT2D eigenvalue weighted by Gasteiger charge is 2.24. The van der Waals surface area contributed by atoms with E-state index in [-0.39, 0.29) is 11.8 Å². The number of likely N-dealkylation sites (tertiary alicyclic amines) is 1. The zero-order valence-electron chi connectivity index (χ0n) is 19.0. The van der Waals surface area contributed by atoms with Gasteiger partial charge in [-0.05, 0) is 62.7 Å². The lowest BCUT2D eigenvalue weighted by Crippen LogP contribution is -2.33. The maximum Gasteiger partial charge on any atom is 0.240 e. The Bertz CT molecular complexity index is 1160. The molecule has 0 spiro atoms. The monoisotopic (exact) mass is 446 g/mol. The molecule has 1 amide bonds. The van der Waals surface area contributed by atoms with Crippen LogP contribution in [-0.4, -0.2) is 47.7 Å². The predicted octanol–water partition coefficient (Wildman–Crippen LogP) is 4.61. The molecule has 0 aliphatic carbocycles. The Hall–Kier alpha value is -3.19. The molecule has 1 fully saturated rings. The van der Waals surface area contributed by atoms with E-state index in [0.717, 1.165) is 41.1 Å². The molecular weight excluding hydrogens is 416 g/mol. The number of nitrogens with one attached hydrogen (secondary N) is 1. The molecule has 2 aromatic carbocycles. The number of hydrogen-bond donors (Lipinski definition) is 1. The fraction of sp³-hybridized carbons (Fsp3) is 0.423. The first kappa shape index (κ1) is 21.6. The van der Waals surface area contributed by atoms with Gasteiger partial charge in [-0.1, -0.05) is 25.5 Å². The maximum absolute atomic E-state index is 11.7. The Morgan fingerprint density at radius 1 is 1.12 bits per heavy atom. The number of amides is 1. The molecule has 7 nitrogen and oxygen atoms in total. The minimum atomic E-state index is -0.0355. The van der Waals surface area contributed by atoms with Gasteiger partial charge >= 0.3 is 0 Å². The fourth-order valence-electron chi connectivity index (χ4n) is 4.62. The number of fused-ring (bicyclic) bond motifs is 1. The normalized spacial score (nSPS) is 19.4. The van der Waals surface area contributed by atoms with E-state index < -0.39 is 0 Å². The summed E-state index contributed by atoms with van der Waals surface area (Å²) in [6.07, 6.45) is 5.23. The van der Waals surface area contributed by atoms with Gasteiger partial charge in [-0.15, -0.1) is 0 Å². The van der Waals surface area contributed by atoms with Crippen LogP contribution in [0.2, 0.25) is 0 Å². The Morgan fingerprint density at radius 3 is 2.85 bits per heavy atom. The number of nitrogens with zero attached hydrogens (tertiary/aromatic N) is 3. The number of aromatic nitrogens is 1. The van der Waals surface area contributed by atoms with Gasteiger partial charge in [-0.25, -0.2) is 10.4 Å². The lowest BCUT2D eigenvalue weighted by atomic mass is 9.90. The summed E-state index contributed by atoms with van der Waals surface area (Å²) >= 11 is 0. The van der Waals surface area contributed by atoms with Crippen LogP contribution in [-0.2, 0) is 4.79 Å². The van der Waals surface area contributed by atoms with Gasteiger partial charge in [0.25, 0.3) is 0 Å². The average molecular weight is 447 g/mol. The standard InChI is InChI=1S/C26H30N4O3/c1-2-18-17-24(31)28-29-25(18)19-9-10-22-23(16-19)33-26(27-22)20-7-6-8-21(15-20)32-14-13-30-11-4-3-5-12-30/h6-10,15-16,18H,2-5,11-14,17H2,1H3,(H,28,31). The Morgan fingerprint density at radius 2 is 2.00 bits per heavy atom. The Balaban J connectivity index is 1.32. The van der Waals surface area contributed by atoms with Crippen molar-refractivity contribution in [1.29, 1.82) is 0 Å². The third kappa shape index (κ3) is 4.93. The van der Waals surface area contributed by atoms with E-state index in [9.17, 15) is 4.79 Å². The number of benzene rings is 2. The van der Waals surface area contributed by atoms with Gasteiger partial charge in [0.05, 0.1) is 5.71 Å². The SMILES string of the molecule is CCC1CC(=O)NN=C1c1ccc2nc(-c3cccc(OCCN4CCCCC4)c3)oc2c1. The summed E-state index contributed by atoms with van der Waals surface area (Å²) in [6, 6.07) is 13.8. The van der Waals surface area contributed by atoms with Gasteiger partial charge < -0.3 is 9.15 Å². The summed E-state index contributed by atoms with van der Waals surface area (Å²) in [4.78, 5) is 18.8. The van der Waals surface area contributed by atoms with E-state index in [1.54, 1.807) is 0 Å². The Kier molecular flexibility index (Phi) is 6.39. The van der Waals surface area contributed by atoms with Crippen LogP contribution in [0.5, 0.6) is 5.75 Å². The minimum absolute atomic E-state index is 0.0355. The summed E-state index contributed by atoms with van der Waals surface area (Å²) in [5.74, 6) is 1.46. The molecular formula is C26H30N4O3. The van der Waals surface area contributed by atoms with E-state index >= 15 is 0 Å². The molecule has 1 saturated heterocycles. The minimum Gasteiger partial charge on any atom is -0.492 e. The molecule has 7 heteroatoms. The molecule has 1 atom stereocenters. The number of oxazole rings is 1. The van der Waals surface area contributed by atoms with Crippen molar-refractivity contribution in [3.05, 3.63) is 48.0 Å². The zero-order valence-corrected chi connectivity index (χ0v) is 19.0. The van der Waals surface area contributed by atoms with Crippen molar-refractivity contribution in [3.8, 4) is 17.2 Å². The van der Waals surface area contributed by atoms with E-state index in [2.05, 4.69) is 27.3 Å². The smallest absolute Gasteiger partial charge is 0.240 e. The van der Waals surface area contributed by atoms with Crippen molar-refractivity contribution in [1.82, 2.24) is 15.3 Å². The number of ether oxygens (including phenoxy) is 1. The number of hydrazone groups is 1. The number of carbonyl (C=O) groups excluding carboxylic acids is 1. The highest BCUT2D eigenvalue weighted by molar-refractivity contribution is 6.07. The lowest BCUT2D eigenvalue weighted by Gasteiger charge is -2.26. The Labute approximate surface area is 193 Å². The summed E-state index contributed by atoms with van der Waals surface area (Å²) < 4.78 is 12.1. The van der Waals surface area contributed by atoms with E-state index in [1.165, 1.54) is 32.4 Å².